The molecule has 1 aromatic carbocycles. The van der Waals surface area contributed by atoms with Gasteiger partial charge in [0, 0.05) is 38.3 Å². The van der Waals surface area contributed by atoms with Crippen LogP contribution in [-0.2, 0) is 9.59 Å². The van der Waals surface area contributed by atoms with E-state index in [9.17, 15) is 9.59 Å². The number of hydrogen-bond acceptors (Lipinski definition) is 5. The number of anilines is 1. The maximum atomic E-state index is 12.1. The van der Waals surface area contributed by atoms with Gasteiger partial charge in [-0.05, 0) is 24.1 Å². The molecule has 0 radical (unpaired) electrons. The van der Waals surface area contributed by atoms with Crippen LogP contribution in [0.3, 0.4) is 0 Å². The molecule has 0 saturated carbocycles. The van der Waals surface area contributed by atoms with Crippen molar-refractivity contribution in [1.82, 2.24) is 10.3 Å². The van der Waals surface area contributed by atoms with Crippen LogP contribution in [-0.4, -0.2) is 43.0 Å². The van der Waals surface area contributed by atoms with Gasteiger partial charge in [-0.3, -0.25) is 9.59 Å². The summed E-state index contributed by atoms with van der Waals surface area (Å²) in [5.41, 5.74) is 2.10. The Hall–Kier alpha value is -1.92. The van der Waals surface area contributed by atoms with Gasteiger partial charge in [-0.2, -0.15) is 0 Å². The second-order valence-electron chi connectivity index (χ2n) is 5.52. The molecule has 0 bridgehead atoms. The number of imide groups is 1. The number of hydrazine groups is 1. The standard InChI is InChI=1S/C15H20N4O2/c16-19-14(20)6-5-13(15(19)21)11-1-3-12(4-2-11)18-9-7-17-8-10-18/h1-4,13,17H,5-10,16H2. The van der Waals surface area contributed by atoms with E-state index in [0.29, 0.717) is 12.8 Å². The normalized spacial score (nSPS) is 23.6. The Labute approximate surface area is 123 Å². The number of carbonyl (C=O) groups excluding carboxylic acids is 2. The average molecular weight is 288 g/mol. The fraction of sp³-hybridized carbons (Fsp3) is 0.467. The molecule has 0 aliphatic carbocycles. The molecular formula is C15H20N4O2. The third-order valence-electron chi connectivity index (χ3n) is 4.23. The first kappa shape index (κ1) is 14.0. The molecule has 0 spiro atoms. The van der Waals surface area contributed by atoms with Crippen LogP contribution in [0, 0.1) is 0 Å². The molecule has 3 rings (SSSR count). The van der Waals surface area contributed by atoms with Crippen molar-refractivity contribution < 1.29 is 9.59 Å². The van der Waals surface area contributed by atoms with E-state index in [2.05, 4.69) is 10.2 Å². The second kappa shape index (κ2) is 5.83. The Balaban J connectivity index is 1.74. The molecule has 6 nitrogen and oxygen atoms in total. The van der Waals surface area contributed by atoms with Crippen LogP contribution in [0.25, 0.3) is 0 Å². The van der Waals surface area contributed by atoms with Crippen molar-refractivity contribution in [1.29, 1.82) is 0 Å². The highest BCUT2D eigenvalue weighted by Gasteiger charge is 2.33. The summed E-state index contributed by atoms with van der Waals surface area (Å²) in [7, 11) is 0. The van der Waals surface area contributed by atoms with E-state index in [1.165, 1.54) is 5.69 Å². The number of rotatable bonds is 2. The molecule has 6 heteroatoms. The topological polar surface area (TPSA) is 78.7 Å². The van der Waals surface area contributed by atoms with Crippen molar-refractivity contribution >= 4 is 17.5 Å². The molecule has 1 unspecified atom stereocenters. The van der Waals surface area contributed by atoms with Crippen LogP contribution in [0.2, 0.25) is 0 Å². The summed E-state index contributed by atoms with van der Waals surface area (Å²) in [6.07, 6.45) is 0.866. The number of piperazine rings is 1. The van der Waals surface area contributed by atoms with Gasteiger partial charge in [0.1, 0.15) is 0 Å². The minimum absolute atomic E-state index is 0.298. The number of nitrogens with two attached hydrogens (primary N) is 1. The lowest BCUT2D eigenvalue weighted by Gasteiger charge is -2.30. The molecule has 2 aliphatic heterocycles. The van der Waals surface area contributed by atoms with Gasteiger partial charge in [-0.25, -0.2) is 10.9 Å². The van der Waals surface area contributed by atoms with E-state index < -0.39 is 0 Å². The molecule has 1 aromatic rings. The van der Waals surface area contributed by atoms with Gasteiger partial charge in [-0.15, -0.1) is 0 Å². The molecule has 2 fully saturated rings. The van der Waals surface area contributed by atoms with Crippen molar-refractivity contribution in [3.63, 3.8) is 0 Å². The number of amides is 2. The van der Waals surface area contributed by atoms with Gasteiger partial charge < -0.3 is 10.2 Å². The number of hydrogen-bond donors (Lipinski definition) is 2. The maximum Gasteiger partial charge on any atom is 0.251 e. The Kier molecular flexibility index (Phi) is 3.90. The Bertz CT molecular complexity index is 537. The van der Waals surface area contributed by atoms with Crippen LogP contribution in [0.1, 0.15) is 24.3 Å². The molecule has 21 heavy (non-hydrogen) atoms. The quantitative estimate of drug-likeness (QED) is 0.462. The predicted molar refractivity (Wildman–Crippen MR) is 79.5 cm³/mol. The van der Waals surface area contributed by atoms with Gasteiger partial charge >= 0.3 is 0 Å². The van der Waals surface area contributed by atoms with Gasteiger partial charge in [0.2, 0.25) is 5.91 Å². The third kappa shape index (κ3) is 2.77. The lowest BCUT2D eigenvalue weighted by atomic mass is 9.90. The molecule has 3 N–H and O–H groups in total. The minimum Gasteiger partial charge on any atom is -0.369 e. The fourth-order valence-electron chi connectivity index (χ4n) is 2.95. The summed E-state index contributed by atoms with van der Waals surface area (Å²) in [5.74, 6) is 4.61. The Morgan fingerprint density at radius 1 is 1.10 bits per heavy atom. The summed E-state index contributed by atoms with van der Waals surface area (Å²) in [6.45, 7) is 3.97. The van der Waals surface area contributed by atoms with Crippen molar-refractivity contribution in [2.45, 2.75) is 18.8 Å². The molecule has 2 saturated heterocycles. The molecule has 2 heterocycles. The Morgan fingerprint density at radius 3 is 2.43 bits per heavy atom. The highest BCUT2D eigenvalue weighted by Crippen LogP contribution is 2.29. The highest BCUT2D eigenvalue weighted by atomic mass is 16.2. The van der Waals surface area contributed by atoms with E-state index in [-0.39, 0.29) is 17.7 Å². The number of piperidine rings is 1. The summed E-state index contributed by atoms with van der Waals surface area (Å²) >= 11 is 0. The summed E-state index contributed by atoms with van der Waals surface area (Å²) in [5, 5.41) is 4.09. The summed E-state index contributed by atoms with van der Waals surface area (Å²) in [6, 6.07) is 8.05. The first-order chi connectivity index (χ1) is 10.2. The monoisotopic (exact) mass is 288 g/mol. The largest absolute Gasteiger partial charge is 0.369 e. The predicted octanol–water partition coefficient (Wildman–Crippen LogP) is 0.202. The van der Waals surface area contributed by atoms with Crippen LogP contribution in [0.15, 0.2) is 24.3 Å². The zero-order valence-corrected chi connectivity index (χ0v) is 11.9. The molecular weight excluding hydrogens is 268 g/mol. The summed E-state index contributed by atoms with van der Waals surface area (Å²) < 4.78 is 0. The summed E-state index contributed by atoms with van der Waals surface area (Å²) in [4.78, 5) is 25.8. The van der Waals surface area contributed by atoms with Crippen LogP contribution in [0.4, 0.5) is 5.69 Å². The van der Waals surface area contributed by atoms with Crippen LogP contribution >= 0.6 is 0 Å². The maximum absolute atomic E-state index is 12.1. The minimum atomic E-state index is -0.304. The van der Waals surface area contributed by atoms with Crippen molar-refractivity contribution in [2.75, 3.05) is 31.1 Å². The number of nitrogens with one attached hydrogen (secondary N) is 1. The fourth-order valence-corrected chi connectivity index (χ4v) is 2.95. The smallest absolute Gasteiger partial charge is 0.251 e. The average Bonchev–Trinajstić information content (AvgIpc) is 2.54. The molecule has 112 valence electrons. The third-order valence-corrected chi connectivity index (χ3v) is 4.23. The van der Waals surface area contributed by atoms with Crippen molar-refractivity contribution in [3.05, 3.63) is 29.8 Å². The zero-order valence-electron chi connectivity index (χ0n) is 11.9. The van der Waals surface area contributed by atoms with Crippen molar-refractivity contribution in [2.24, 2.45) is 5.84 Å². The van der Waals surface area contributed by atoms with E-state index >= 15 is 0 Å². The second-order valence-corrected chi connectivity index (χ2v) is 5.52. The lowest BCUT2D eigenvalue weighted by Crippen LogP contribution is -2.48. The van der Waals surface area contributed by atoms with E-state index in [1.807, 2.05) is 24.3 Å². The SMILES string of the molecule is NN1C(=O)CCC(c2ccc(N3CCNCC3)cc2)C1=O. The molecule has 2 aliphatic rings. The van der Waals surface area contributed by atoms with Crippen molar-refractivity contribution in [3.8, 4) is 0 Å². The zero-order chi connectivity index (χ0) is 14.8. The van der Waals surface area contributed by atoms with Crippen LogP contribution in [0.5, 0.6) is 0 Å². The Morgan fingerprint density at radius 2 is 1.76 bits per heavy atom. The van der Waals surface area contributed by atoms with Gasteiger partial charge in [-0.1, -0.05) is 12.1 Å². The first-order valence-electron chi connectivity index (χ1n) is 7.34. The van der Waals surface area contributed by atoms with E-state index in [0.717, 1.165) is 36.8 Å². The highest BCUT2D eigenvalue weighted by molar-refractivity contribution is 6.00. The van der Waals surface area contributed by atoms with E-state index in [4.69, 9.17) is 5.84 Å². The number of nitrogens with zero attached hydrogens (tertiary/aromatic N) is 2. The molecule has 2 amide bonds. The van der Waals surface area contributed by atoms with Crippen LogP contribution < -0.4 is 16.1 Å². The van der Waals surface area contributed by atoms with Gasteiger partial charge in [0.15, 0.2) is 0 Å². The lowest BCUT2D eigenvalue weighted by molar-refractivity contribution is -0.149. The van der Waals surface area contributed by atoms with Gasteiger partial charge in [0.05, 0.1) is 5.92 Å². The molecule has 1 atom stereocenters. The van der Waals surface area contributed by atoms with Gasteiger partial charge in [0.25, 0.3) is 5.91 Å². The number of benzene rings is 1. The van der Waals surface area contributed by atoms with E-state index in [1.54, 1.807) is 0 Å². The molecule has 0 aromatic heterocycles. The first-order valence-corrected chi connectivity index (χ1v) is 7.34. The number of carbonyl (C=O) groups is 2.